The molecule has 1 unspecified atom stereocenters. The minimum absolute atomic E-state index is 0.0951. The molecule has 0 radical (unpaired) electrons. The number of ether oxygens (including phenoxy) is 3. The smallest absolute Gasteiger partial charge is 0.306 e. The third-order valence-corrected chi connectivity index (χ3v) is 12.9. The highest BCUT2D eigenvalue weighted by molar-refractivity contribution is 5.71. The number of hydrogen-bond donors (Lipinski definition) is 0. The summed E-state index contributed by atoms with van der Waals surface area (Å²) in [6.45, 7) is 6.37. The van der Waals surface area contributed by atoms with E-state index in [1.165, 1.54) is 103 Å². The molecule has 0 bridgehead atoms. The molecule has 0 aliphatic rings. The van der Waals surface area contributed by atoms with Crippen LogP contribution in [0, 0.1) is 0 Å². The molecule has 75 heavy (non-hydrogen) atoms. The number of unbranched alkanes of at least 4 members (excludes halogenated alkanes) is 24. The van der Waals surface area contributed by atoms with E-state index in [1.807, 2.05) is 0 Å². The van der Waals surface area contributed by atoms with Gasteiger partial charge < -0.3 is 14.2 Å². The summed E-state index contributed by atoms with van der Waals surface area (Å²) in [5.74, 6) is -0.927. The normalized spacial score (nSPS) is 12.9. The highest BCUT2D eigenvalue weighted by Crippen LogP contribution is 2.15. The first-order valence-electron chi connectivity index (χ1n) is 31.0. The lowest BCUT2D eigenvalue weighted by Gasteiger charge is -2.18. The van der Waals surface area contributed by atoms with E-state index in [2.05, 4.69) is 142 Å². The van der Waals surface area contributed by atoms with Gasteiger partial charge in [0.25, 0.3) is 0 Å². The fourth-order valence-corrected chi connectivity index (χ4v) is 8.34. The van der Waals surface area contributed by atoms with Gasteiger partial charge >= 0.3 is 17.9 Å². The first-order chi connectivity index (χ1) is 37.0. The van der Waals surface area contributed by atoms with Crippen molar-refractivity contribution in [2.75, 3.05) is 13.2 Å². The summed E-state index contributed by atoms with van der Waals surface area (Å²) < 4.78 is 16.9. The van der Waals surface area contributed by atoms with Crippen molar-refractivity contribution < 1.29 is 28.6 Å². The van der Waals surface area contributed by atoms with Gasteiger partial charge in [0.05, 0.1) is 0 Å². The Kier molecular flexibility index (Phi) is 58.9. The Balaban J connectivity index is 4.43. The van der Waals surface area contributed by atoms with E-state index in [4.69, 9.17) is 14.2 Å². The van der Waals surface area contributed by atoms with Gasteiger partial charge in [-0.3, -0.25) is 14.4 Å². The van der Waals surface area contributed by atoms with Crippen LogP contribution in [0.15, 0.2) is 122 Å². The van der Waals surface area contributed by atoms with Crippen molar-refractivity contribution in [1.82, 2.24) is 0 Å². The van der Waals surface area contributed by atoms with Gasteiger partial charge in [-0.2, -0.15) is 0 Å². The first-order valence-corrected chi connectivity index (χ1v) is 31.0. The minimum Gasteiger partial charge on any atom is -0.462 e. The maximum absolute atomic E-state index is 12.9. The average molecular weight is 1040 g/mol. The van der Waals surface area contributed by atoms with E-state index in [9.17, 15) is 14.4 Å². The molecule has 0 heterocycles. The predicted octanol–water partition coefficient (Wildman–Crippen LogP) is 21.2. The van der Waals surface area contributed by atoms with Crippen molar-refractivity contribution >= 4 is 17.9 Å². The van der Waals surface area contributed by atoms with Crippen LogP contribution in [-0.2, 0) is 28.6 Å². The molecule has 0 aliphatic carbocycles. The summed E-state index contributed by atoms with van der Waals surface area (Å²) in [6, 6.07) is 0. The van der Waals surface area contributed by atoms with Gasteiger partial charge in [-0.25, -0.2) is 0 Å². The molecule has 0 aromatic rings. The monoisotopic (exact) mass is 1040 g/mol. The second-order valence-corrected chi connectivity index (χ2v) is 20.2. The molecule has 0 aliphatic heterocycles. The molecule has 0 fully saturated rings. The minimum atomic E-state index is -0.801. The highest BCUT2D eigenvalue weighted by atomic mass is 16.6. The Morgan fingerprint density at radius 1 is 0.280 bits per heavy atom. The molecule has 0 saturated heterocycles. The van der Waals surface area contributed by atoms with E-state index >= 15 is 0 Å². The summed E-state index contributed by atoms with van der Waals surface area (Å²) >= 11 is 0. The molecular weight excluding hydrogens is 925 g/mol. The van der Waals surface area contributed by atoms with E-state index in [0.29, 0.717) is 19.3 Å². The van der Waals surface area contributed by atoms with Crippen LogP contribution in [0.4, 0.5) is 0 Å². The lowest BCUT2D eigenvalue weighted by atomic mass is 10.1. The Labute approximate surface area is 462 Å². The van der Waals surface area contributed by atoms with Crippen LogP contribution in [0.2, 0.25) is 0 Å². The third-order valence-electron chi connectivity index (χ3n) is 12.9. The van der Waals surface area contributed by atoms with Gasteiger partial charge in [0.2, 0.25) is 0 Å². The summed E-state index contributed by atoms with van der Waals surface area (Å²) in [7, 11) is 0. The van der Waals surface area contributed by atoms with Gasteiger partial charge in [-0.05, 0) is 128 Å². The van der Waals surface area contributed by atoms with Crippen molar-refractivity contribution in [3.05, 3.63) is 122 Å². The Morgan fingerprint density at radius 3 is 0.813 bits per heavy atom. The van der Waals surface area contributed by atoms with Gasteiger partial charge in [0.1, 0.15) is 13.2 Å². The Morgan fingerprint density at radius 2 is 0.520 bits per heavy atom. The van der Waals surface area contributed by atoms with Crippen LogP contribution in [0.5, 0.6) is 0 Å². The highest BCUT2D eigenvalue weighted by Gasteiger charge is 2.19. The quantitative estimate of drug-likeness (QED) is 0.0261. The predicted molar refractivity (Wildman–Crippen MR) is 325 cm³/mol. The number of allylic oxidation sites excluding steroid dienone is 20. The van der Waals surface area contributed by atoms with Crippen LogP contribution in [0.1, 0.15) is 278 Å². The van der Waals surface area contributed by atoms with Gasteiger partial charge in [0, 0.05) is 19.3 Å². The molecular formula is C69H114O6. The summed E-state index contributed by atoms with van der Waals surface area (Å²) in [6.07, 6.45) is 86.2. The molecule has 6 nitrogen and oxygen atoms in total. The largest absolute Gasteiger partial charge is 0.462 e. The fraction of sp³-hybridized carbons (Fsp3) is 0.667. The fourth-order valence-electron chi connectivity index (χ4n) is 8.34. The van der Waals surface area contributed by atoms with Crippen LogP contribution >= 0.6 is 0 Å². The molecule has 0 aromatic carbocycles. The number of carbonyl (C=O) groups is 3. The third kappa shape index (κ3) is 60.6. The second-order valence-electron chi connectivity index (χ2n) is 20.2. The van der Waals surface area contributed by atoms with Gasteiger partial charge in [-0.1, -0.05) is 251 Å². The first kappa shape index (κ1) is 70.8. The average Bonchev–Trinajstić information content (AvgIpc) is 3.41. The zero-order chi connectivity index (χ0) is 54.3. The lowest BCUT2D eigenvalue weighted by Crippen LogP contribution is -2.30. The topological polar surface area (TPSA) is 78.9 Å². The Hall–Kier alpha value is -4.19. The second kappa shape index (κ2) is 62.4. The van der Waals surface area contributed by atoms with Crippen LogP contribution in [-0.4, -0.2) is 37.2 Å². The number of hydrogen-bond acceptors (Lipinski definition) is 6. The summed E-state index contributed by atoms with van der Waals surface area (Å²) in [5.41, 5.74) is 0. The maximum Gasteiger partial charge on any atom is 0.306 e. The molecule has 0 N–H and O–H groups in total. The van der Waals surface area contributed by atoms with Crippen LogP contribution < -0.4 is 0 Å². The van der Waals surface area contributed by atoms with Gasteiger partial charge in [-0.15, -0.1) is 0 Å². The number of esters is 3. The standard InChI is InChI=1S/C69H114O6/c1-4-7-10-13-16-19-22-25-28-31-32-33-34-35-36-39-41-44-47-50-53-56-59-62-68(71)74-65-66(75-69(72)63-60-57-54-51-48-45-42-38-30-27-24-21-18-15-12-9-6-3)64-73-67(70)61-58-55-52-49-46-43-40-37-29-26-23-20-17-14-11-8-5-2/h7,9-10,12,16-21,25-30,32-33,42,45,66H,4-6,8,11,13-15,22-24,31,34-41,43-44,46-65H2,1-3H3/b10-7-,12-9-,19-16-,20-17-,21-18-,28-25-,29-26-,30-27-,33-32-,45-42-. The van der Waals surface area contributed by atoms with E-state index in [1.54, 1.807) is 0 Å². The molecule has 0 aromatic heterocycles. The van der Waals surface area contributed by atoms with Gasteiger partial charge in [0.15, 0.2) is 6.10 Å². The Bertz CT molecular complexity index is 1570. The van der Waals surface area contributed by atoms with Crippen molar-refractivity contribution in [2.24, 2.45) is 0 Å². The van der Waals surface area contributed by atoms with E-state index in [0.717, 1.165) is 135 Å². The van der Waals surface area contributed by atoms with E-state index in [-0.39, 0.29) is 31.1 Å². The SMILES string of the molecule is CC/C=C\C/C=C\C/C=C\C/C=C\CCCCCCCCCCCCC(=O)OCC(COC(=O)CCCCCCCCC/C=C\C/C=C\CCCCC)OC(=O)CCCCCC/C=C\C/C=C\C/C=C\C/C=C\CC. The zero-order valence-electron chi connectivity index (χ0n) is 48.8. The van der Waals surface area contributed by atoms with Crippen LogP contribution in [0.25, 0.3) is 0 Å². The lowest BCUT2D eigenvalue weighted by molar-refractivity contribution is -0.167. The maximum atomic E-state index is 12.9. The molecule has 0 spiro atoms. The molecule has 426 valence electrons. The van der Waals surface area contributed by atoms with E-state index < -0.39 is 6.10 Å². The zero-order valence-corrected chi connectivity index (χ0v) is 48.8. The summed E-state index contributed by atoms with van der Waals surface area (Å²) in [5, 5.41) is 0. The van der Waals surface area contributed by atoms with Crippen molar-refractivity contribution in [3.8, 4) is 0 Å². The van der Waals surface area contributed by atoms with Crippen LogP contribution in [0.3, 0.4) is 0 Å². The molecule has 0 rings (SSSR count). The molecule has 0 saturated carbocycles. The number of rotatable bonds is 55. The van der Waals surface area contributed by atoms with Crippen molar-refractivity contribution in [2.45, 2.75) is 284 Å². The molecule has 6 heteroatoms. The number of carbonyl (C=O) groups excluding carboxylic acids is 3. The molecule has 1 atom stereocenters. The van der Waals surface area contributed by atoms with Crippen molar-refractivity contribution in [1.29, 1.82) is 0 Å². The molecule has 0 amide bonds. The van der Waals surface area contributed by atoms with Crippen molar-refractivity contribution in [3.63, 3.8) is 0 Å². The summed E-state index contributed by atoms with van der Waals surface area (Å²) in [4.78, 5) is 38.3.